The molecule has 0 spiro atoms. The van der Waals surface area contributed by atoms with E-state index in [2.05, 4.69) is 60.8 Å². The lowest BCUT2D eigenvalue weighted by Crippen LogP contribution is -2.64. The maximum atomic E-state index is 14.9. The van der Waals surface area contributed by atoms with Crippen LogP contribution >= 0.6 is 0 Å². The van der Waals surface area contributed by atoms with Gasteiger partial charge in [-0.3, -0.25) is 9.59 Å². The minimum absolute atomic E-state index is 0.0487. The number of hydrogen-bond donors (Lipinski definition) is 1. The summed E-state index contributed by atoms with van der Waals surface area (Å²) in [6.45, 7) is 2.42. The molecular weight excluding hydrogens is 516 g/mol. The van der Waals surface area contributed by atoms with Gasteiger partial charge in [-0.1, -0.05) is 140 Å². The van der Waals surface area contributed by atoms with Crippen LogP contribution in [0.5, 0.6) is 0 Å². The van der Waals surface area contributed by atoms with Crippen molar-refractivity contribution in [1.82, 2.24) is 10.2 Å². The van der Waals surface area contributed by atoms with Crippen LogP contribution in [0.25, 0.3) is 0 Å². The second kappa shape index (κ2) is 14.1. The molecule has 1 aliphatic carbocycles. The number of carbonyl (C=O) groups excluding carboxylic acids is 2. The molecule has 1 saturated carbocycles. The number of nitrogens with one attached hydrogen (secondary N) is 1. The van der Waals surface area contributed by atoms with Crippen LogP contribution in [0.15, 0.2) is 115 Å². The lowest BCUT2D eigenvalue weighted by molar-refractivity contribution is -0.149. The van der Waals surface area contributed by atoms with E-state index in [1.807, 2.05) is 71.6 Å². The largest absolute Gasteiger partial charge is 0.351 e. The molecule has 4 heteroatoms. The van der Waals surface area contributed by atoms with Crippen LogP contribution in [0, 0.1) is 6.92 Å². The molecule has 2 amide bonds. The Morgan fingerprint density at radius 1 is 0.667 bits per heavy atom. The first kappa shape index (κ1) is 29.3. The molecule has 0 unspecified atom stereocenters. The molecule has 0 heterocycles. The molecule has 0 aromatic heterocycles. The monoisotopic (exact) mass is 558 g/mol. The molecule has 0 aliphatic heterocycles. The molecule has 1 fully saturated rings. The summed E-state index contributed by atoms with van der Waals surface area (Å²) in [6, 6.07) is 38.6. The fraction of sp³-hybridized carbons (Fsp3) is 0.316. The highest BCUT2D eigenvalue weighted by molar-refractivity contribution is 5.93. The molecule has 1 N–H and O–H groups in total. The topological polar surface area (TPSA) is 49.4 Å². The van der Waals surface area contributed by atoms with E-state index in [-0.39, 0.29) is 24.3 Å². The van der Waals surface area contributed by atoms with Gasteiger partial charge in [0.15, 0.2) is 0 Å². The number of rotatable bonds is 11. The number of carbonyl (C=O) groups is 2. The molecule has 4 aromatic rings. The quantitative estimate of drug-likeness (QED) is 0.211. The van der Waals surface area contributed by atoms with E-state index in [1.165, 1.54) is 6.42 Å². The van der Waals surface area contributed by atoms with E-state index < -0.39 is 5.54 Å². The molecule has 0 radical (unpaired) electrons. The van der Waals surface area contributed by atoms with Gasteiger partial charge in [0, 0.05) is 25.4 Å². The maximum absolute atomic E-state index is 14.9. The van der Waals surface area contributed by atoms with E-state index in [1.54, 1.807) is 0 Å². The number of aryl methyl sites for hydroxylation is 1. The van der Waals surface area contributed by atoms with Crippen molar-refractivity contribution < 1.29 is 9.59 Å². The number of amides is 2. The predicted octanol–water partition coefficient (Wildman–Crippen LogP) is 7.24. The number of nitrogens with zero attached hydrogens (tertiary/aromatic N) is 1. The van der Waals surface area contributed by atoms with Gasteiger partial charge >= 0.3 is 0 Å². The summed E-state index contributed by atoms with van der Waals surface area (Å²) in [5.74, 6) is -0.108. The minimum Gasteiger partial charge on any atom is -0.351 e. The Kier molecular flexibility index (Phi) is 9.86. The van der Waals surface area contributed by atoms with Crippen molar-refractivity contribution in [2.75, 3.05) is 0 Å². The van der Waals surface area contributed by atoms with Gasteiger partial charge in [-0.15, -0.1) is 0 Å². The first-order valence-electron chi connectivity index (χ1n) is 15.3. The molecule has 4 aromatic carbocycles. The standard InChI is InChI=1S/C38H42N2O2/c1-30-22-24-34(25-23-30)29-40(36(41)26-31-14-6-2-7-15-31)38(27-32-16-8-3-9-17-32,28-33-18-10-4-11-19-33)37(42)39-35-20-12-5-13-21-35/h2-4,6-11,14-19,22-25,35H,5,12-13,20-21,26-29H2,1H3,(H,39,42). The van der Waals surface area contributed by atoms with Crippen LogP contribution < -0.4 is 5.32 Å². The van der Waals surface area contributed by atoms with Crippen molar-refractivity contribution in [3.8, 4) is 0 Å². The zero-order valence-corrected chi connectivity index (χ0v) is 24.7. The SMILES string of the molecule is Cc1ccc(CN(C(=O)Cc2ccccc2)C(Cc2ccccc2)(Cc2ccccc2)C(=O)NC2CCCCC2)cc1. The van der Waals surface area contributed by atoms with Crippen LogP contribution in [0.3, 0.4) is 0 Å². The Morgan fingerprint density at radius 2 is 1.17 bits per heavy atom. The van der Waals surface area contributed by atoms with Gasteiger partial charge in [0.2, 0.25) is 11.8 Å². The Morgan fingerprint density at radius 3 is 1.69 bits per heavy atom. The summed E-state index contributed by atoms with van der Waals surface area (Å²) in [6.07, 6.45) is 6.49. The summed E-state index contributed by atoms with van der Waals surface area (Å²) in [5.41, 5.74) is 4.06. The first-order chi connectivity index (χ1) is 20.5. The predicted molar refractivity (Wildman–Crippen MR) is 170 cm³/mol. The molecule has 0 saturated heterocycles. The van der Waals surface area contributed by atoms with Gasteiger partial charge in [0.05, 0.1) is 6.42 Å². The summed E-state index contributed by atoms with van der Waals surface area (Å²) in [7, 11) is 0. The average molecular weight is 559 g/mol. The second-order valence-electron chi connectivity index (χ2n) is 11.8. The number of hydrogen-bond acceptors (Lipinski definition) is 2. The average Bonchev–Trinajstić information content (AvgIpc) is 3.02. The van der Waals surface area contributed by atoms with Crippen LogP contribution in [-0.2, 0) is 35.4 Å². The van der Waals surface area contributed by atoms with E-state index in [9.17, 15) is 9.59 Å². The van der Waals surface area contributed by atoms with Crippen molar-refractivity contribution in [1.29, 1.82) is 0 Å². The van der Waals surface area contributed by atoms with Gasteiger partial charge in [0.25, 0.3) is 0 Å². The smallest absolute Gasteiger partial charge is 0.246 e. The highest BCUT2D eigenvalue weighted by atomic mass is 16.2. The molecule has 0 bridgehead atoms. The highest BCUT2D eigenvalue weighted by Gasteiger charge is 2.47. The third-order valence-electron chi connectivity index (χ3n) is 8.52. The van der Waals surface area contributed by atoms with Gasteiger partial charge in [-0.25, -0.2) is 0 Å². The van der Waals surface area contributed by atoms with Crippen molar-refractivity contribution in [2.24, 2.45) is 0 Å². The van der Waals surface area contributed by atoms with Crippen molar-refractivity contribution in [2.45, 2.75) is 76.4 Å². The van der Waals surface area contributed by atoms with E-state index in [0.717, 1.165) is 53.5 Å². The van der Waals surface area contributed by atoms with Crippen molar-refractivity contribution in [3.05, 3.63) is 143 Å². The van der Waals surface area contributed by atoms with Gasteiger partial charge in [0.1, 0.15) is 5.54 Å². The van der Waals surface area contributed by atoms with Crippen molar-refractivity contribution >= 4 is 11.8 Å². The van der Waals surface area contributed by atoms with E-state index >= 15 is 0 Å². The number of benzene rings is 4. The van der Waals surface area contributed by atoms with Crippen LogP contribution in [-0.4, -0.2) is 28.3 Å². The molecule has 216 valence electrons. The fourth-order valence-corrected chi connectivity index (χ4v) is 6.19. The molecule has 1 aliphatic rings. The van der Waals surface area contributed by atoms with E-state index in [4.69, 9.17) is 0 Å². The minimum atomic E-state index is -1.13. The molecule has 0 atom stereocenters. The van der Waals surface area contributed by atoms with Crippen LogP contribution in [0.1, 0.15) is 59.9 Å². The highest BCUT2D eigenvalue weighted by Crippen LogP contribution is 2.31. The van der Waals surface area contributed by atoms with E-state index in [0.29, 0.717) is 19.4 Å². The van der Waals surface area contributed by atoms with Gasteiger partial charge < -0.3 is 10.2 Å². The molecular formula is C38H42N2O2. The van der Waals surface area contributed by atoms with Crippen LogP contribution in [0.4, 0.5) is 0 Å². The zero-order valence-electron chi connectivity index (χ0n) is 24.7. The Balaban J connectivity index is 1.64. The molecule has 4 nitrogen and oxygen atoms in total. The normalized spacial score (nSPS) is 13.8. The lowest BCUT2D eigenvalue weighted by atomic mass is 9.80. The maximum Gasteiger partial charge on any atom is 0.246 e. The summed E-state index contributed by atoms with van der Waals surface area (Å²) < 4.78 is 0. The Bertz CT molecular complexity index is 1370. The summed E-state index contributed by atoms with van der Waals surface area (Å²) in [5, 5.41) is 3.46. The summed E-state index contributed by atoms with van der Waals surface area (Å²) in [4.78, 5) is 31.3. The Labute approximate surface area is 250 Å². The second-order valence-corrected chi connectivity index (χ2v) is 11.8. The third-order valence-corrected chi connectivity index (χ3v) is 8.52. The van der Waals surface area contributed by atoms with Crippen molar-refractivity contribution in [3.63, 3.8) is 0 Å². The lowest BCUT2D eigenvalue weighted by Gasteiger charge is -2.44. The fourth-order valence-electron chi connectivity index (χ4n) is 6.19. The molecule has 5 rings (SSSR count). The zero-order chi connectivity index (χ0) is 29.2. The molecule has 42 heavy (non-hydrogen) atoms. The van der Waals surface area contributed by atoms with Gasteiger partial charge in [-0.2, -0.15) is 0 Å². The summed E-state index contributed by atoms with van der Waals surface area (Å²) >= 11 is 0. The van der Waals surface area contributed by atoms with Gasteiger partial charge in [-0.05, 0) is 42.0 Å². The van der Waals surface area contributed by atoms with Crippen LogP contribution in [0.2, 0.25) is 0 Å². The third kappa shape index (κ3) is 7.55. The Hall–Kier alpha value is -4.18. The first-order valence-corrected chi connectivity index (χ1v) is 15.3.